The third kappa shape index (κ3) is 3.38. The number of rotatable bonds is 5. The zero-order chi connectivity index (χ0) is 12.2. The van der Waals surface area contributed by atoms with Crippen LogP contribution in [0.1, 0.15) is 32.3 Å². The molecule has 0 spiro atoms. The van der Waals surface area contributed by atoms with Crippen LogP contribution in [0.4, 0.5) is 0 Å². The normalized spacial score (nSPS) is 14.8. The fourth-order valence-electron chi connectivity index (χ4n) is 1.95. The van der Waals surface area contributed by atoms with Gasteiger partial charge in [-0.25, -0.2) is 0 Å². The Labute approximate surface area is 107 Å². The van der Waals surface area contributed by atoms with E-state index in [9.17, 15) is 5.11 Å². The topological polar surface area (TPSA) is 20.2 Å². The van der Waals surface area contributed by atoms with E-state index in [0.717, 1.165) is 24.8 Å². The largest absolute Gasteiger partial charge is 0.396 e. The highest BCUT2D eigenvalue weighted by Crippen LogP contribution is 2.34. The second kappa shape index (κ2) is 5.90. The maximum atomic E-state index is 9.47. The van der Waals surface area contributed by atoms with Crippen molar-refractivity contribution < 1.29 is 5.11 Å². The monoisotopic (exact) mass is 260 g/mol. The second-order valence-electron chi connectivity index (χ2n) is 4.60. The molecule has 1 N–H and O–H groups in total. The molecular formula is C13H18Cl2O. The van der Waals surface area contributed by atoms with Crippen LogP contribution in [0, 0.1) is 5.41 Å². The molecule has 0 aromatic heterocycles. The van der Waals surface area contributed by atoms with E-state index in [1.807, 2.05) is 18.2 Å². The Hall–Kier alpha value is -0.240. The predicted octanol–water partition coefficient (Wildman–Crippen LogP) is 4.33. The third-order valence-electron chi connectivity index (χ3n) is 2.90. The van der Waals surface area contributed by atoms with E-state index < -0.39 is 0 Å². The Kier molecular flexibility index (Phi) is 5.10. The van der Waals surface area contributed by atoms with Gasteiger partial charge in [0.05, 0.1) is 0 Å². The van der Waals surface area contributed by atoms with Crippen molar-refractivity contribution in [1.29, 1.82) is 0 Å². The molecule has 0 aliphatic rings. The molecule has 1 rings (SSSR count). The number of hydrogen-bond donors (Lipinski definition) is 1. The predicted molar refractivity (Wildman–Crippen MR) is 70.3 cm³/mol. The van der Waals surface area contributed by atoms with E-state index in [2.05, 4.69) is 13.8 Å². The number of aliphatic hydroxyl groups excluding tert-OH is 1. The lowest BCUT2D eigenvalue weighted by Gasteiger charge is -2.27. The maximum Gasteiger partial charge on any atom is 0.0487 e. The van der Waals surface area contributed by atoms with Crippen molar-refractivity contribution in [1.82, 2.24) is 0 Å². The van der Waals surface area contributed by atoms with Gasteiger partial charge in [-0.15, -0.1) is 0 Å². The first-order chi connectivity index (χ1) is 7.52. The van der Waals surface area contributed by atoms with Crippen molar-refractivity contribution in [3.05, 3.63) is 33.8 Å². The summed E-state index contributed by atoms with van der Waals surface area (Å²) < 4.78 is 0. The van der Waals surface area contributed by atoms with E-state index in [0.29, 0.717) is 10.0 Å². The maximum absolute atomic E-state index is 9.47. The third-order valence-corrected chi connectivity index (χ3v) is 3.61. The minimum atomic E-state index is -0.136. The summed E-state index contributed by atoms with van der Waals surface area (Å²) in [5.74, 6) is 0. The van der Waals surface area contributed by atoms with Gasteiger partial charge in [-0.05, 0) is 36.0 Å². The van der Waals surface area contributed by atoms with Gasteiger partial charge in [0.1, 0.15) is 0 Å². The molecule has 1 aromatic carbocycles. The molecule has 0 radical (unpaired) electrons. The molecule has 0 aliphatic carbocycles. The van der Waals surface area contributed by atoms with Crippen molar-refractivity contribution in [3.63, 3.8) is 0 Å². The minimum absolute atomic E-state index is 0.136. The van der Waals surface area contributed by atoms with Crippen LogP contribution in [0.3, 0.4) is 0 Å². The molecule has 1 nitrogen and oxygen atoms in total. The van der Waals surface area contributed by atoms with Gasteiger partial charge in [0.25, 0.3) is 0 Å². The highest BCUT2D eigenvalue weighted by Gasteiger charge is 2.24. The van der Waals surface area contributed by atoms with Crippen molar-refractivity contribution in [2.75, 3.05) is 6.61 Å². The quantitative estimate of drug-likeness (QED) is 0.836. The van der Waals surface area contributed by atoms with E-state index in [-0.39, 0.29) is 12.0 Å². The molecule has 1 atom stereocenters. The highest BCUT2D eigenvalue weighted by molar-refractivity contribution is 6.36. The van der Waals surface area contributed by atoms with Crippen molar-refractivity contribution in [3.8, 4) is 0 Å². The summed E-state index contributed by atoms with van der Waals surface area (Å²) >= 11 is 12.3. The fraction of sp³-hybridized carbons (Fsp3) is 0.538. The average Bonchev–Trinajstić information content (AvgIpc) is 2.24. The fourth-order valence-corrected chi connectivity index (χ4v) is 2.49. The Morgan fingerprint density at radius 3 is 2.25 bits per heavy atom. The zero-order valence-corrected chi connectivity index (χ0v) is 11.3. The summed E-state index contributed by atoms with van der Waals surface area (Å²) in [6.07, 6.45) is 2.72. The minimum Gasteiger partial charge on any atom is -0.396 e. The summed E-state index contributed by atoms with van der Waals surface area (Å²) in [6, 6.07) is 5.52. The lowest BCUT2D eigenvalue weighted by molar-refractivity contribution is 0.131. The lowest BCUT2D eigenvalue weighted by atomic mass is 9.80. The van der Waals surface area contributed by atoms with Gasteiger partial charge < -0.3 is 5.11 Å². The van der Waals surface area contributed by atoms with Crippen molar-refractivity contribution in [2.45, 2.75) is 33.1 Å². The second-order valence-corrected chi connectivity index (χ2v) is 5.41. The van der Waals surface area contributed by atoms with Gasteiger partial charge in [-0.1, -0.05) is 49.5 Å². The van der Waals surface area contributed by atoms with E-state index >= 15 is 0 Å². The van der Waals surface area contributed by atoms with Gasteiger partial charge in [0, 0.05) is 16.7 Å². The molecule has 3 heteroatoms. The van der Waals surface area contributed by atoms with Crippen LogP contribution in [-0.4, -0.2) is 11.7 Å². The van der Waals surface area contributed by atoms with Crippen LogP contribution in [0.25, 0.3) is 0 Å². The van der Waals surface area contributed by atoms with Gasteiger partial charge in [0.2, 0.25) is 0 Å². The summed E-state index contributed by atoms with van der Waals surface area (Å²) in [5, 5.41) is 10.8. The van der Waals surface area contributed by atoms with Crippen LogP contribution in [0.15, 0.2) is 18.2 Å². The summed E-state index contributed by atoms with van der Waals surface area (Å²) in [6.45, 7) is 4.33. The Morgan fingerprint density at radius 1 is 1.25 bits per heavy atom. The first-order valence-corrected chi connectivity index (χ1v) is 6.32. The Balaban J connectivity index is 2.94. The van der Waals surface area contributed by atoms with Gasteiger partial charge in [-0.3, -0.25) is 0 Å². The van der Waals surface area contributed by atoms with Crippen LogP contribution in [0.5, 0.6) is 0 Å². The molecule has 16 heavy (non-hydrogen) atoms. The number of hydrogen-bond acceptors (Lipinski definition) is 1. The smallest absolute Gasteiger partial charge is 0.0487 e. The van der Waals surface area contributed by atoms with Gasteiger partial charge in [0.15, 0.2) is 0 Å². The Bertz CT molecular complexity index is 332. The van der Waals surface area contributed by atoms with Crippen molar-refractivity contribution in [2.24, 2.45) is 5.41 Å². The molecule has 0 saturated carbocycles. The molecule has 0 aliphatic heterocycles. The molecule has 0 saturated heterocycles. The summed E-state index contributed by atoms with van der Waals surface area (Å²) in [4.78, 5) is 0. The van der Waals surface area contributed by atoms with E-state index in [1.165, 1.54) is 0 Å². The summed E-state index contributed by atoms with van der Waals surface area (Å²) in [7, 11) is 0. The van der Waals surface area contributed by atoms with E-state index in [4.69, 9.17) is 23.2 Å². The number of aliphatic hydroxyl groups is 1. The average molecular weight is 261 g/mol. The van der Waals surface area contributed by atoms with Gasteiger partial charge in [-0.2, -0.15) is 0 Å². The SMILES string of the molecule is CCCC(C)(CO)Cc1c(Cl)cccc1Cl. The molecule has 0 fully saturated rings. The standard InChI is InChI=1S/C13H18Cl2O/c1-3-7-13(2,9-16)8-10-11(14)5-4-6-12(10)15/h4-6,16H,3,7-9H2,1-2H3. The molecule has 0 heterocycles. The molecule has 1 unspecified atom stereocenters. The molecule has 0 amide bonds. The lowest BCUT2D eigenvalue weighted by Crippen LogP contribution is -2.24. The number of halogens is 2. The molecule has 1 aromatic rings. The van der Waals surface area contributed by atoms with Crippen LogP contribution in [0.2, 0.25) is 10.0 Å². The van der Waals surface area contributed by atoms with Gasteiger partial charge >= 0.3 is 0 Å². The molecule has 90 valence electrons. The molecule has 0 bridgehead atoms. The molecular weight excluding hydrogens is 243 g/mol. The van der Waals surface area contributed by atoms with Crippen molar-refractivity contribution >= 4 is 23.2 Å². The first kappa shape index (κ1) is 13.8. The van der Waals surface area contributed by atoms with Crippen LogP contribution >= 0.6 is 23.2 Å². The summed E-state index contributed by atoms with van der Waals surface area (Å²) in [5.41, 5.74) is 0.805. The van der Waals surface area contributed by atoms with Crippen LogP contribution in [-0.2, 0) is 6.42 Å². The highest BCUT2D eigenvalue weighted by atomic mass is 35.5. The Morgan fingerprint density at radius 2 is 1.81 bits per heavy atom. The zero-order valence-electron chi connectivity index (χ0n) is 9.76. The first-order valence-electron chi connectivity index (χ1n) is 5.56. The number of benzene rings is 1. The van der Waals surface area contributed by atoms with E-state index in [1.54, 1.807) is 0 Å². The van der Waals surface area contributed by atoms with Crippen LogP contribution < -0.4 is 0 Å².